The summed E-state index contributed by atoms with van der Waals surface area (Å²) in [6.45, 7) is 3.82. The zero-order chi connectivity index (χ0) is 11.2. The van der Waals surface area contributed by atoms with Crippen molar-refractivity contribution >= 4 is 5.78 Å². The van der Waals surface area contributed by atoms with E-state index in [1.807, 2.05) is 6.08 Å². The highest BCUT2D eigenvalue weighted by atomic mass is 16.1. The fourth-order valence-corrected chi connectivity index (χ4v) is 4.52. The molecule has 0 aromatic rings. The highest BCUT2D eigenvalue weighted by Gasteiger charge is 2.58. The van der Waals surface area contributed by atoms with E-state index >= 15 is 0 Å². The van der Waals surface area contributed by atoms with Crippen molar-refractivity contribution in [2.75, 3.05) is 0 Å². The van der Waals surface area contributed by atoms with Crippen LogP contribution in [0.4, 0.5) is 0 Å². The van der Waals surface area contributed by atoms with Gasteiger partial charge in [0.15, 0.2) is 0 Å². The van der Waals surface area contributed by atoms with E-state index in [0.29, 0.717) is 29.0 Å². The largest absolute Gasteiger partial charge is 0.299 e. The van der Waals surface area contributed by atoms with Crippen LogP contribution in [-0.4, -0.2) is 5.78 Å². The average Bonchev–Trinajstić information content (AvgIpc) is 2.87. The van der Waals surface area contributed by atoms with Crippen LogP contribution in [0.15, 0.2) is 24.8 Å². The fraction of sp³-hybridized carbons (Fsp3) is 0.667. The summed E-state index contributed by atoms with van der Waals surface area (Å²) in [6, 6.07) is 0. The monoisotopic (exact) mass is 216 g/mol. The molecule has 16 heavy (non-hydrogen) atoms. The minimum absolute atomic E-state index is 0.353. The minimum atomic E-state index is 0.353. The number of allylic oxidation sites excluding steroid dienone is 3. The van der Waals surface area contributed by atoms with Crippen LogP contribution in [-0.2, 0) is 4.79 Å². The zero-order valence-corrected chi connectivity index (χ0v) is 9.82. The number of ketones is 1. The smallest absolute Gasteiger partial charge is 0.136 e. The van der Waals surface area contributed by atoms with Gasteiger partial charge in [-0.3, -0.25) is 4.79 Å². The molecule has 0 N–H and O–H groups in total. The molecular weight excluding hydrogens is 196 g/mol. The second-order valence-electron chi connectivity index (χ2n) is 5.83. The molecule has 1 heteroatoms. The lowest BCUT2D eigenvalue weighted by molar-refractivity contribution is -0.123. The lowest BCUT2D eigenvalue weighted by Gasteiger charge is -2.29. The zero-order valence-electron chi connectivity index (χ0n) is 9.82. The lowest BCUT2D eigenvalue weighted by Crippen LogP contribution is -2.26. The van der Waals surface area contributed by atoms with Crippen LogP contribution in [0.5, 0.6) is 0 Å². The van der Waals surface area contributed by atoms with E-state index in [-0.39, 0.29) is 0 Å². The van der Waals surface area contributed by atoms with E-state index in [9.17, 15) is 4.79 Å². The molecule has 4 atom stereocenters. The molecule has 0 heterocycles. The van der Waals surface area contributed by atoms with E-state index in [1.165, 1.54) is 12.8 Å². The third-order valence-corrected chi connectivity index (χ3v) is 5.13. The van der Waals surface area contributed by atoms with Crippen LogP contribution in [0.3, 0.4) is 0 Å². The first-order valence-corrected chi connectivity index (χ1v) is 6.57. The van der Waals surface area contributed by atoms with Gasteiger partial charge >= 0.3 is 0 Å². The molecule has 86 valence electrons. The van der Waals surface area contributed by atoms with Gasteiger partial charge in [0, 0.05) is 12.3 Å². The predicted octanol–water partition coefficient (Wildman–Crippen LogP) is 3.51. The Balaban J connectivity index is 1.88. The Morgan fingerprint density at radius 2 is 2.44 bits per heavy atom. The minimum Gasteiger partial charge on any atom is -0.299 e. The van der Waals surface area contributed by atoms with E-state index in [1.54, 1.807) is 0 Å². The van der Waals surface area contributed by atoms with Gasteiger partial charge in [0.25, 0.3) is 0 Å². The normalized spacial score (nSPS) is 44.8. The predicted molar refractivity (Wildman–Crippen MR) is 64.9 cm³/mol. The summed E-state index contributed by atoms with van der Waals surface area (Å²) >= 11 is 0. The summed E-state index contributed by atoms with van der Waals surface area (Å²) in [5, 5.41) is 0. The summed E-state index contributed by atoms with van der Waals surface area (Å²) in [5.41, 5.74) is 0.353. The van der Waals surface area contributed by atoms with Gasteiger partial charge in [0.1, 0.15) is 5.78 Å². The van der Waals surface area contributed by atoms with Gasteiger partial charge in [0.05, 0.1) is 0 Å². The number of carbonyl (C=O) groups excluding carboxylic acids is 1. The van der Waals surface area contributed by atoms with Crippen molar-refractivity contribution in [2.45, 2.75) is 38.5 Å². The second kappa shape index (κ2) is 3.58. The number of carbonyl (C=O) groups is 1. The first-order chi connectivity index (χ1) is 7.77. The van der Waals surface area contributed by atoms with E-state index in [4.69, 9.17) is 0 Å². The van der Waals surface area contributed by atoms with Gasteiger partial charge in [-0.2, -0.15) is 0 Å². The highest BCUT2D eigenvalue weighted by Crippen LogP contribution is 2.62. The summed E-state index contributed by atoms with van der Waals surface area (Å²) in [6.07, 6.45) is 13.3. The fourth-order valence-electron chi connectivity index (χ4n) is 4.52. The van der Waals surface area contributed by atoms with E-state index in [0.717, 1.165) is 25.7 Å². The summed E-state index contributed by atoms with van der Waals surface area (Å²) in [7, 11) is 0. The molecular formula is C15H20O. The third kappa shape index (κ3) is 1.27. The third-order valence-electron chi connectivity index (χ3n) is 5.13. The van der Waals surface area contributed by atoms with Crippen LogP contribution in [0.2, 0.25) is 0 Å². The van der Waals surface area contributed by atoms with Gasteiger partial charge in [-0.25, -0.2) is 0 Å². The molecule has 0 aromatic heterocycles. The molecule has 0 aliphatic heterocycles. The number of Topliss-reactive ketones (excluding diaryl/α,β-unsaturated/α-hetero) is 1. The van der Waals surface area contributed by atoms with E-state index in [2.05, 4.69) is 18.7 Å². The number of hydrogen-bond acceptors (Lipinski definition) is 1. The van der Waals surface area contributed by atoms with Gasteiger partial charge < -0.3 is 0 Å². The molecule has 2 saturated carbocycles. The molecule has 2 fully saturated rings. The molecule has 0 radical (unpaired) electrons. The molecule has 0 spiro atoms. The van der Waals surface area contributed by atoms with Crippen molar-refractivity contribution < 1.29 is 4.79 Å². The Morgan fingerprint density at radius 3 is 3.25 bits per heavy atom. The van der Waals surface area contributed by atoms with Crippen LogP contribution in [0.1, 0.15) is 38.5 Å². The van der Waals surface area contributed by atoms with Crippen LogP contribution in [0, 0.1) is 23.2 Å². The number of fused-ring (bicyclic) bond motifs is 3. The van der Waals surface area contributed by atoms with Crippen molar-refractivity contribution in [3.05, 3.63) is 24.8 Å². The summed E-state index contributed by atoms with van der Waals surface area (Å²) in [5.74, 6) is 2.30. The average molecular weight is 216 g/mol. The lowest BCUT2D eigenvalue weighted by atomic mass is 9.74. The molecule has 0 bridgehead atoms. The van der Waals surface area contributed by atoms with Crippen molar-refractivity contribution in [3.8, 4) is 0 Å². The molecule has 0 unspecified atom stereocenters. The molecule has 3 aliphatic rings. The maximum absolute atomic E-state index is 12.1. The Kier molecular flexibility index (Phi) is 2.31. The Morgan fingerprint density at radius 1 is 1.56 bits per heavy atom. The van der Waals surface area contributed by atoms with Gasteiger partial charge in [-0.1, -0.05) is 18.2 Å². The maximum atomic E-state index is 12.1. The quantitative estimate of drug-likeness (QED) is 0.660. The van der Waals surface area contributed by atoms with Crippen LogP contribution in [0.25, 0.3) is 0 Å². The Labute approximate surface area is 97.6 Å². The molecule has 3 aliphatic carbocycles. The SMILES string of the molecule is C=CCC[C@@]12CCC(=O)[C@@H]1[C@H]1CC=C[C@H]1C2. The second-order valence-corrected chi connectivity index (χ2v) is 5.83. The topological polar surface area (TPSA) is 17.1 Å². The summed E-state index contributed by atoms with van der Waals surface area (Å²) < 4.78 is 0. The highest BCUT2D eigenvalue weighted by molar-refractivity contribution is 5.85. The van der Waals surface area contributed by atoms with Gasteiger partial charge in [0.2, 0.25) is 0 Å². The summed E-state index contributed by atoms with van der Waals surface area (Å²) in [4.78, 5) is 12.1. The molecule has 1 nitrogen and oxygen atoms in total. The Bertz CT molecular complexity index is 354. The number of rotatable bonds is 3. The maximum Gasteiger partial charge on any atom is 0.136 e. The van der Waals surface area contributed by atoms with Crippen molar-refractivity contribution in [2.24, 2.45) is 23.2 Å². The first-order valence-electron chi connectivity index (χ1n) is 6.57. The molecule has 3 rings (SSSR count). The first kappa shape index (κ1) is 10.3. The van der Waals surface area contributed by atoms with Crippen molar-refractivity contribution in [1.29, 1.82) is 0 Å². The van der Waals surface area contributed by atoms with Crippen molar-refractivity contribution in [3.63, 3.8) is 0 Å². The van der Waals surface area contributed by atoms with E-state index < -0.39 is 0 Å². The number of hydrogen-bond donors (Lipinski definition) is 0. The van der Waals surface area contributed by atoms with Gasteiger partial charge in [-0.15, -0.1) is 6.58 Å². The van der Waals surface area contributed by atoms with Crippen molar-refractivity contribution in [1.82, 2.24) is 0 Å². The molecule has 0 aromatic carbocycles. The molecule has 0 saturated heterocycles. The standard InChI is InChI=1S/C15H20O/c1-2-3-8-15-9-7-13(16)14(15)12-6-4-5-11(12)10-15/h2,4-5,11-12,14H,1,3,6-10H2/t11-,12-,14-,15-/m0/s1. The van der Waals surface area contributed by atoms with Gasteiger partial charge in [-0.05, 0) is 49.4 Å². The van der Waals surface area contributed by atoms with Crippen LogP contribution < -0.4 is 0 Å². The Hall–Kier alpha value is -0.850. The molecule has 0 amide bonds. The van der Waals surface area contributed by atoms with Crippen LogP contribution >= 0.6 is 0 Å².